The number of benzene rings is 3. The largest absolute Gasteiger partial charge is 0.255 e. The standard InChI is InChI=1S/C28H27N/c1-17(2)12-21-9-7-11-23-27(21)19(4)16-29-28(23)26-14-18(3)13-24-22-10-6-5-8-20(22)15-25(24)26/h5-11,13-14,16-17H,12,15H2,1-4H3. The molecular weight excluding hydrogens is 350 g/mol. The Morgan fingerprint density at radius 2 is 1.69 bits per heavy atom. The molecule has 1 aliphatic rings. The molecule has 0 atom stereocenters. The van der Waals surface area contributed by atoms with Crippen LogP contribution in [0.4, 0.5) is 0 Å². The first kappa shape index (κ1) is 18.1. The van der Waals surface area contributed by atoms with Gasteiger partial charge in [0.25, 0.3) is 0 Å². The van der Waals surface area contributed by atoms with E-state index in [4.69, 9.17) is 4.98 Å². The van der Waals surface area contributed by atoms with Crippen molar-refractivity contribution in [2.45, 2.75) is 40.5 Å². The molecule has 0 unspecified atom stereocenters. The summed E-state index contributed by atoms with van der Waals surface area (Å²) in [5.74, 6) is 0.634. The van der Waals surface area contributed by atoms with Gasteiger partial charge in [0, 0.05) is 17.1 Å². The summed E-state index contributed by atoms with van der Waals surface area (Å²) in [4.78, 5) is 4.98. The summed E-state index contributed by atoms with van der Waals surface area (Å²) >= 11 is 0. The second-order valence-electron chi connectivity index (χ2n) is 8.90. The van der Waals surface area contributed by atoms with E-state index in [1.54, 1.807) is 0 Å². The first-order valence-corrected chi connectivity index (χ1v) is 10.6. The van der Waals surface area contributed by atoms with Gasteiger partial charge in [-0.25, -0.2) is 0 Å². The lowest BCUT2D eigenvalue weighted by atomic mass is 9.90. The van der Waals surface area contributed by atoms with Gasteiger partial charge in [-0.2, -0.15) is 0 Å². The summed E-state index contributed by atoms with van der Waals surface area (Å²) in [6, 6.07) is 20.2. The average molecular weight is 378 g/mol. The van der Waals surface area contributed by atoms with Crippen LogP contribution in [0.15, 0.2) is 60.8 Å². The highest BCUT2D eigenvalue weighted by molar-refractivity contribution is 6.00. The van der Waals surface area contributed by atoms with Crippen LogP contribution < -0.4 is 0 Å². The van der Waals surface area contributed by atoms with E-state index in [1.807, 2.05) is 0 Å². The maximum Gasteiger partial charge on any atom is 0.0783 e. The topological polar surface area (TPSA) is 12.9 Å². The number of pyridine rings is 1. The molecule has 1 aromatic heterocycles. The van der Waals surface area contributed by atoms with Gasteiger partial charge in [-0.1, -0.05) is 62.4 Å². The fourth-order valence-electron chi connectivity index (χ4n) is 4.97. The first-order valence-electron chi connectivity index (χ1n) is 10.6. The van der Waals surface area contributed by atoms with Gasteiger partial charge >= 0.3 is 0 Å². The highest BCUT2D eigenvalue weighted by Crippen LogP contribution is 2.43. The Balaban J connectivity index is 1.79. The Labute approximate surface area is 173 Å². The molecular formula is C28H27N. The van der Waals surface area contributed by atoms with Crippen LogP contribution in [0, 0.1) is 19.8 Å². The van der Waals surface area contributed by atoms with Crippen LogP contribution >= 0.6 is 0 Å². The first-order chi connectivity index (χ1) is 14.0. The summed E-state index contributed by atoms with van der Waals surface area (Å²) in [5, 5.41) is 2.67. The van der Waals surface area contributed by atoms with E-state index in [0.29, 0.717) is 5.92 Å². The monoisotopic (exact) mass is 377 g/mol. The predicted molar refractivity (Wildman–Crippen MR) is 123 cm³/mol. The number of aromatic nitrogens is 1. The lowest BCUT2D eigenvalue weighted by Gasteiger charge is -2.16. The van der Waals surface area contributed by atoms with Gasteiger partial charge < -0.3 is 0 Å². The Bertz CT molecular complexity index is 1250. The number of nitrogens with zero attached hydrogens (tertiary/aromatic N) is 1. The zero-order chi connectivity index (χ0) is 20.1. The van der Waals surface area contributed by atoms with Crippen LogP contribution in [0.2, 0.25) is 0 Å². The lowest BCUT2D eigenvalue weighted by molar-refractivity contribution is 0.650. The summed E-state index contributed by atoms with van der Waals surface area (Å²) in [6.07, 6.45) is 4.15. The summed E-state index contributed by atoms with van der Waals surface area (Å²) in [5.41, 5.74) is 12.0. The molecule has 0 N–H and O–H groups in total. The third kappa shape index (κ3) is 2.97. The molecule has 0 bridgehead atoms. The van der Waals surface area contributed by atoms with Crippen molar-refractivity contribution in [3.05, 3.63) is 88.6 Å². The molecule has 0 radical (unpaired) electrons. The summed E-state index contributed by atoms with van der Waals surface area (Å²) in [6.45, 7) is 8.98. The third-order valence-electron chi connectivity index (χ3n) is 6.14. The van der Waals surface area contributed by atoms with Gasteiger partial charge in [-0.3, -0.25) is 4.98 Å². The minimum Gasteiger partial charge on any atom is -0.255 e. The van der Waals surface area contributed by atoms with Gasteiger partial charge in [0.05, 0.1) is 5.69 Å². The van der Waals surface area contributed by atoms with E-state index >= 15 is 0 Å². The molecule has 29 heavy (non-hydrogen) atoms. The highest BCUT2D eigenvalue weighted by atomic mass is 14.7. The molecule has 0 amide bonds. The fourth-order valence-corrected chi connectivity index (χ4v) is 4.97. The van der Waals surface area contributed by atoms with Crippen LogP contribution in [0.3, 0.4) is 0 Å². The zero-order valence-corrected chi connectivity index (χ0v) is 17.7. The highest BCUT2D eigenvalue weighted by Gasteiger charge is 2.23. The minimum absolute atomic E-state index is 0.634. The van der Waals surface area contributed by atoms with E-state index in [1.165, 1.54) is 55.3 Å². The van der Waals surface area contributed by atoms with Crippen molar-refractivity contribution in [1.29, 1.82) is 0 Å². The van der Waals surface area contributed by atoms with Gasteiger partial charge in [0.1, 0.15) is 0 Å². The molecule has 144 valence electrons. The van der Waals surface area contributed by atoms with E-state index in [2.05, 4.69) is 88.5 Å². The third-order valence-corrected chi connectivity index (χ3v) is 6.14. The summed E-state index contributed by atoms with van der Waals surface area (Å²) < 4.78 is 0. The molecule has 0 aliphatic heterocycles. The van der Waals surface area contributed by atoms with Crippen molar-refractivity contribution in [2.24, 2.45) is 5.92 Å². The second kappa shape index (κ2) is 6.84. The number of hydrogen-bond acceptors (Lipinski definition) is 1. The van der Waals surface area contributed by atoms with Gasteiger partial charge in [-0.15, -0.1) is 0 Å². The van der Waals surface area contributed by atoms with Crippen LogP contribution in [0.5, 0.6) is 0 Å². The Morgan fingerprint density at radius 1 is 0.897 bits per heavy atom. The van der Waals surface area contributed by atoms with Crippen LogP contribution in [-0.2, 0) is 12.8 Å². The predicted octanol–water partition coefficient (Wildman–Crippen LogP) is 7.29. The molecule has 0 saturated heterocycles. The molecule has 1 nitrogen and oxygen atoms in total. The second-order valence-corrected chi connectivity index (χ2v) is 8.90. The maximum absolute atomic E-state index is 4.98. The lowest BCUT2D eigenvalue weighted by Crippen LogP contribution is -1.99. The molecule has 4 aromatic rings. The van der Waals surface area contributed by atoms with Crippen LogP contribution in [0.25, 0.3) is 33.2 Å². The van der Waals surface area contributed by atoms with Gasteiger partial charge in [0.15, 0.2) is 0 Å². The smallest absolute Gasteiger partial charge is 0.0783 e. The van der Waals surface area contributed by atoms with E-state index < -0.39 is 0 Å². The fraction of sp³-hybridized carbons (Fsp3) is 0.250. The van der Waals surface area contributed by atoms with Crippen molar-refractivity contribution in [3.63, 3.8) is 0 Å². The zero-order valence-electron chi connectivity index (χ0n) is 17.7. The average Bonchev–Trinajstić information content (AvgIpc) is 3.06. The molecule has 3 aromatic carbocycles. The molecule has 0 spiro atoms. The maximum atomic E-state index is 4.98. The minimum atomic E-state index is 0.634. The van der Waals surface area contributed by atoms with Gasteiger partial charge in [-0.05, 0) is 83.0 Å². The summed E-state index contributed by atoms with van der Waals surface area (Å²) in [7, 11) is 0. The number of hydrogen-bond donors (Lipinski definition) is 0. The van der Waals surface area contributed by atoms with Crippen LogP contribution in [0.1, 0.15) is 41.7 Å². The number of rotatable bonds is 3. The Hall–Kier alpha value is -2.93. The van der Waals surface area contributed by atoms with Crippen molar-refractivity contribution in [1.82, 2.24) is 4.98 Å². The molecule has 1 heterocycles. The quantitative estimate of drug-likeness (QED) is 0.322. The normalized spacial score (nSPS) is 12.4. The van der Waals surface area contributed by atoms with Crippen molar-refractivity contribution >= 4 is 10.8 Å². The van der Waals surface area contributed by atoms with Crippen molar-refractivity contribution in [2.75, 3.05) is 0 Å². The Morgan fingerprint density at radius 3 is 2.52 bits per heavy atom. The molecule has 0 saturated carbocycles. The SMILES string of the molecule is Cc1cc2c(c(-c3ncc(C)c4c(CC(C)C)cccc34)c1)Cc1ccccc1-2. The Kier molecular flexibility index (Phi) is 4.28. The molecule has 0 fully saturated rings. The number of fused-ring (bicyclic) bond motifs is 4. The van der Waals surface area contributed by atoms with E-state index in [0.717, 1.165) is 18.5 Å². The molecule has 1 aliphatic carbocycles. The van der Waals surface area contributed by atoms with Crippen molar-refractivity contribution < 1.29 is 0 Å². The molecule has 1 heteroatoms. The van der Waals surface area contributed by atoms with E-state index in [9.17, 15) is 0 Å². The number of aryl methyl sites for hydroxylation is 2. The van der Waals surface area contributed by atoms with Crippen LogP contribution in [-0.4, -0.2) is 4.98 Å². The van der Waals surface area contributed by atoms with Crippen molar-refractivity contribution in [3.8, 4) is 22.4 Å². The van der Waals surface area contributed by atoms with Gasteiger partial charge in [0.2, 0.25) is 0 Å². The molecule has 5 rings (SSSR count). The van der Waals surface area contributed by atoms with E-state index in [-0.39, 0.29) is 0 Å².